The summed E-state index contributed by atoms with van der Waals surface area (Å²) in [6.07, 6.45) is 1.09. The molecule has 1 N–H and O–H groups in total. The largest absolute Gasteiger partial charge is 0.379 e. The summed E-state index contributed by atoms with van der Waals surface area (Å²) in [7, 11) is -3.30. The summed E-state index contributed by atoms with van der Waals surface area (Å²) in [6, 6.07) is 6.28. The van der Waals surface area contributed by atoms with Crippen molar-refractivity contribution in [1.29, 1.82) is 0 Å². The Balaban J connectivity index is 2.05. The van der Waals surface area contributed by atoms with Gasteiger partial charge in [-0.05, 0) is 31.2 Å². The SMILES string of the molecule is CC(C(=O)c1ccc(NS(C)(=O)=O)cc1)N1CCOCC1. The summed E-state index contributed by atoms with van der Waals surface area (Å²) in [4.78, 5) is 14.5. The van der Waals surface area contributed by atoms with Crippen LogP contribution < -0.4 is 4.72 Å². The fourth-order valence-electron chi connectivity index (χ4n) is 2.29. The number of Topliss-reactive ketones (excluding diaryl/α,β-unsaturated/α-hetero) is 1. The molecule has 2 rings (SSSR count). The number of ketones is 1. The summed E-state index contributed by atoms with van der Waals surface area (Å²) >= 11 is 0. The molecule has 21 heavy (non-hydrogen) atoms. The molecule has 1 aliphatic heterocycles. The van der Waals surface area contributed by atoms with E-state index in [0.29, 0.717) is 24.5 Å². The fourth-order valence-corrected chi connectivity index (χ4v) is 2.85. The molecule has 1 aromatic carbocycles. The summed E-state index contributed by atoms with van der Waals surface area (Å²) in [5.41, 5.74) is 1.03. The van der Waals surface area contributed by atoms with Crippen molar-refractivity contribution in [2.75, 3.05) is 37.3 Å². The maximum Gasteiger partial charge on any atom is 0.229 e. The number of ether oxygens (including phenoxy) is 1. The molecule has 0 bridgehead atoms. The van der Waals surface area contributed by atoms with E-state index in [1.165, 1.54) is 0 Å². The number of rotatable bonds is 5. The number of sulfonamides is 1. The van der Waals surface area contributed by atoms with Crippen LogP contribution in [-0.4, -0.2) is 57.7 Å². The fraction of sp³-hybridized carbons (Fsp3) is 0.500. The van der Waals surface area contributed by atoms with E-state index in [-0.39, 0.29) is 11.8 Å². The smallest absolute Gasteiger partial charge is 0.229 e. The summed E-state index contributed by atoms with van der Waals surface area (Å²) in [5.74, 6) is 0.0304. The van der Waals surface area contributed by atoms with E-state index in [0.717, 1.165) is 19.3 Å². The number of hydrogen-bond donors (Lipinski definition) is 1. The van der Waals surface area contributed by atoms with Crippen molar-refractivity contribution in [2.45, 2.75) is 13.0 Å². The average molecular weight is 312 g/mol. The molecule has 1 atom stereocenters. The van der Waals surface area contributed by atoms with Gasteiger partial charge >= 0.3 is 0 Å². The van der Waals surface area contributed by atoms with Crippen LogP contribution in [0.25, 0.3) is 0 Å². The molecule has 1 aliphatic rings. The van der Waals surface area contributed by atoms with Gasteiger partial charge in [-0.2, -0.15) is 0 Å². The van der Waals surface area contributed by atoms with Crippen molar-refractivity contribution >= 4 is 21.5 Å². The highest BCUT2D eigenvalue weighted by molar-refractivity contribution is 7.92. The van der Waals surface area contributed by atoms with Crippen molar-refractivity contribution in [2.24, 2.45) is 0 Å². The second-order valence-corrected chi connectivity index (χ2v) is 6.89. The number of hydrogen-bond acceptors (Lipinski definition) is 5. The molecule has 6 nitrogen and oxygen atoms in total. The standard InChI is InChI=1S/C14H20N2O4S/c1-11(16-7-9-20-10-8-16)14(17)12-3-5-13(6-4-12)15-21(2,18)19/h3-6,11,15H,7-10H2,1-2H3. The molecule has 0 amide bonds. The van der Waals surface area contributed by atoms with Crippen LogP contribution in [0.1, 0.15) is 17.3 Å². The predicted molar refractivity (Wildman–Crippen MR) is 81.1 cm³/mol. The predicted octanol–water partition coefficient (Wildman–Crippen LogP) is 0.962. The molecule has 0 radical (unpaired) electrons. The van der Waals surface area contributed by atoms with E-state index < -0.39 is 10.0 Å². The molecule has 1 fully saturated rings. The van der Waals surface area contributed by atoms with Gasteiger partial charge in [-0.25, -0.2) is 8.42 Å². The normalized spacial score (nSPS) is 18.2. The Labute approximate surface area is 125 Å². The highest BCUT2D eigenvalue weighted by atomic mass is 32.2. The van der Waals surface area contributed by atoms with E-state index >= 15 is 0 Å². The Morgan fingerprint density at radius 3 is 2.33 bits per heavy atom. The summed E-state index contributed by atoms with van der Waals surface area (Å²) in [5, 5.41) is 0. The van der Waals surface area contributed by atoms with E-state index in [2.05, 4.69) is 9.62 Å². The molecule has 1 unspecified atom stereocenters. The molecular formula is C14H20N2O4S. The Bertz CT molecular complexity index is 592. The van der Waals surface area contributed by atoms with E-state index in [9.17, 15) is 13.2 Å². The maximum atomic E-state index is 12.4. The van der Waals surface area contributed by atoms with Crippen LogP contribution in [-0.2, 0) is 14.8 Å². The minimum atomic E-state index is -3.30. The quantitative estimate of drug-likeness (QED) is 0.820. The first kappa shape index (κ1) is 15.9. The second kappa shape index (κ2) is 6.55. The van der Waals surface area contributed by atoms with Crippen LogP contribution in [0, 0.1) is 0 Å². The van der Waals surface area contributed by atoms with E-state index in [4.69, 9.17) is 4.74 Å². The lowest BCUT2D eigenvalue weighted by molar-refractivity contribution is 0.0208. The Kier molecular flexibility index (Phi) is 4.97. The number of anilines is 1. The van der Waals surface area contributed by atoms with Crippen LogP contribution in [0.4, 0.5) is 5.69 Å². The minimum Gasteiger partial charge on any atom is -0.379 e. The lowest BCUT2D eigenvalue weighted by Gasteiger charge is -2.31. The van der Waals surface area contributed by atoms with Gasteiger partial charge in [0.15, 0.2) is 5.78 Å². The minimum absolute atomic E-state index is 0.0304. The zero-order valence-corrected chi connectivity index (χ0v) is 13.0. The molecule has 7 heteroatoms. The van der Waals surface area contributed by atoms with Gasteiger partial charge in [0, 0.05) is 24.3 Å². The second-order valence-electron chi connectivity index (χ2n) is 5.14. The number of carbonyl (C=O) groups is 1. The van der Waals surface area contributed by atoms with Crippen LogP contribution in [0.5, 0.6) is 0 Å². The topological polar surface area (TPSA) is 75.7 Å². The molecule has 0 saturated carbocycles. The van der Waals surface area contributed by atoms with E-state index in [1.807, 2.05) is 6.92 Å². The molecule has 0 aromatic heterocycles. The highest BCUT2D eigenvalue weighted by Crippen LogP contribution is 2.15. The lowest BCUT2D eigenvalue weighted by Crippen LogP contribution is -2.45. The third kappa shape index (κ3) is 4.52. The van der Waals surface area contributed by atoms with Crippen LogP contribution in [0.15, 0.2) is 24.3 Å². The van der Waals surface area contributed by atoms with Crippen molar-refractivity contribution < 1.29 is 17.9 Å². The van der Waals surface area contributed by atoms with Crippen molar-refractivity contribution in [1.82, 2.24) is 4.90 Å². The van der Waals surface area contributed by atoms with Crippen LogP contribution in [0.2, 0.25) is 0 Å². The molecule has 1 heterocycles. The van der Waals surface area contributed by atoms with Gasteiger partial charge in [0.25, 0.3) is 0 Å². The van der Waals surface area contributed by atoms with Crippen molar-refractivity contribution in [3.63, 3.8) is 0 Å². The third-order valence-electron chi connectivity index (χ3n) is 3.45. The molecule has 0 spiro atoms. The maximum absolute atomic E-state index is 12.4. The van der Waals surface area contributed by atoms with Crippen molar-refractivity contribution in [3.05, 3.63) is 29.8 Å². The van der Waals surface area contributed by atoms with Gasteiger partial charge < -0.3 is 4.74 Å². The molecule has 0 aliphatic carbocycles. The molecule has 116 valence electrons. The van der Waals surface area contributed by atoms with E-state index in [1.54, 1.807) is 24.3 Å². The van der Waals surface area contributed by atoms with Crippen LogP contribution >= 0.6 is 0 Å². The third-order valence-corrected chi connectivity index (χ3v) is 4.05. The summed E-state index contributed by atoms with van der Waals surface area (Å²) in [6.45, 7) is 4.68. The van der Waals surface area contributed by atoms with Gasteiger partial charge in [0.1, 0.15) is 0 Å². The van der Waals surface area contributed by atoms with Gasteiger partial charge in [-0.15, -0.1) is 0 Å². The first-order valence-electron chi connectivity index (χ1n) is 6.81. The lowest BCUT2D eigenvalue weighted by atomic mass is 10.0. The highest BCUT2D eigenvalue weighted by Gasteiger charge is 2.24. The Hall–Kier alpha value is -1.44. The zero-order valence-electron chi connectivity index (χ0n) is 12.2. The van der Waals surface area contributed by atoms with Gasteiger partial charge in [-0.3, -0.25) is 14.4 Å². The number of benzene rings is 1. The summed E-state index contributed by atoms with van der Waals surface area (Å²) < 4.78 is 29.9. The monoisotopic (exact) mass is 312 g/mol. The molecule has 1 aromatic rings. The number of carbonyl (C=O) groups excluding carboxylic acids is 1. The number of morpholine rings is 1. The first-order chi connectivity index (χ1) is 9.87. The number of nitrogens with one attached hydrogen (secondary N) is 1. The zero-order chi connectivity index (χ0) is 15.5. The average Bonchev–Trinajstić information content (AvgIpc) is 2.46. The number of nitrogens with zero attached hydrogens (tertiary/aromatic N) is 1. The Morgan fingerprint density at radius 1 is 1.24 bits per heavy atom. The Morgan fingerprint density at radius 2 is 1.81 bits per heavy atom. The van der Waals surface area contributed by atoms with Crippen LogP contribution in [0.3, 0.4) is 0 Å². The van der Waals surface area contributed by atoms with Gasteiger partial charge in [0.2, 0.25) is 10.0 Å². The van der Waals surface area contributed by atoms with Gasteiger partial charge in [0.05, 0.1) is 25.5 Å². The molecule has 1 saturated heterocycles. The molecular weight excluding hydrogens is 292 g/mol. The first-order valence-corrected chi connectivity index (χ1v) is 8.70. The van der Waals surface area contributed by atoms with Gasteiger partial charge in [-0.1, -0.05) is 0 Å². The van der Waals surface area contributed by atoms with Crippen molar-refractivity contribution in [3.8, 4) is 0 Å².